The lowest BCUT2D eigenvalue weighted by Gasteiger charge is -2.23. The smallest absolute Gasteiger partial charge is 0.0556 e. The molecular weight excluding hydrogens is 326 g/mol. The van der Waals surface area contributed by atoms with Gasteiger partial charge in [0.25, 0.3) is 0 Å². The quantitative estimate of drug-likeness (QED) is 0.860. The highest BCUT2D eigenvalue weighted by molar-refractivity contribution is 9.10. The molecule has 0 saturated carbocycles. The average Bonchev–Trinajstić information content (AvgIpc) is 2.92. The summed E-state index contributed by atoms with van der Waals surface area (Å²) in [4.78, 5) is 0.879. The predicted octanol–water partition coefficient (Wildman–Crippen LogP) is 2.57. The summed E-state index contributed by atoms with van der Waals surface area (Å²) in [6.07, 6.45) is 1.06. The van der Waals surface area contributed by atoms with Crippen molar-refractivity contribution in [3.05, 3.63) is 28.7 Å². The van der Waals surface area contributed by atoms with Crippen molar-refractivity contribution in [1.82, 2.24) is 5.32 Å². The van der Waals surface area contributed by atoms with Gasteiger partial charge < -0.3 is 10.1 Å². The summed E-state index contributed by atoms with van der Waals surface area (Å²) >= 11 is 3.47. The fourth-order valence-electron chi connectivity index (χ4n) is 2.38. The third-order valence-electron chi connectivity index (χ3n) is 3.41. The second-order valence-electron chi connectivity index (χ2n) is 4.73. The number of rotatable bonds is 6. The van der Waals surface area contributed by atoms with Gasteiger partial charge in [0, 0.05) is 28.8 Å². The second-order valence-corrected chi connectivity index (χ2v) is 7.05. The summed E-state index contributed by atoms with van der Waals surface area (Å²) in [5.41, 5.74) is 0. The predicted molar refractivity (Wildman–Crippen MR) is 81.8 cm³/mol. The van der Waals surface area contributed by atoms with Crippen LogP contribution >= 0.6 is 15.9 Å². The monoisotopic (exact) mass is 345 g/mol. The highest BCUT2D eigenvalue weighted by atomic mass is 79.9. The van der Waals surface area contributed by atoms with E-state index in [9.17, 15) is 4.21 Å². The van der Waals surface area contributed by atoms with E-state index in [4.69, 9.17) is 4.74 Å². The molecule has 1 heterocycles. The number of nitrogens with one attached hydrogen (secondary N) is 1. The number of benzene rings is 1. The van der Waals surface area contributed by atoms with Crippen LogP contribution in [-0.2, 0) is 15.5 Å². The van der Waals surface area contributed by atoms with Crippen LogP contribution in [0.2, 0.25) is 0 Å². The normalized spacial score (nSPS) is 22.3. The molecule has 1 aromatic rings. The molecular formula is C14H20BrNO2S. The Morgan fingerprint density at radius 3 is 2.95 bits per heavy atom. The maximum Gasteiger partial charge on any atom is 0.0556 e. The van der Waals surface area contributed by atoms with Gasteiger partial charge in [0.2, 0.25) is 0 Å². The van der Waals surface area contributed by atoms with Gasteiger partial charge in [-0.05, 0) is 41.0 Å². The number of halogens is 1. The van der Waals surface area contributed by atoms with Crippen molar-refractivity contribution in [3.8, 4) is 0 Å². The van der Waals surface area contributed by atoms with E-state index in [1.165, 1.54) is 0 Å². The summed E-state index contributed by atoms with van der Waals surface area (Å²) in [6, 6.07) is 8.00. The van der Waals surface area contributed by atoms with E-state index in [1.807, 2.05) is 24.3 Å². The van der Waals surface area contributed by atoms with Gasteiger partial charge in [-0.1, -0.05) is 19.1 Å². The third-order valence-corrected chi connectivity index (χ3v) is 5.88. The zero-order valence-corrected chi connectivity index (χ0v) is 13.5. The van der Waals surface area contributed by atoms with E-state index in [2.05, 4.69) is 28.2 Å². The number of hydrogen-bond donors (Lipinski definition) is 1. The molecule has 1 aromatic carbocycles. The Morgan fingerprint density at radius 2 is 2.32 bits per heavy atom. The first kappa shape index (κ1) is 15.2. The van der Waals surface area contributed by atoms with Gasteiger partial charge in [-0.2, -0.15) is 0 Å². The summed E-state index contributed by atoms with van der Waals surface area (Å²) in [5, 5.41) is 3.46. The number of hydrogen-bond acceptors (Lipinski definition) is 3. The Kier molecular flexibility index (Phi) is 6.01. The van der Waals surface area contributed by atoms with Crippen LogP contribution in [0.3, 0.4) is 0 Å². The molecule has 19 heavy (non-hydrogen) atoms. The molecule has 0 amide bonds. The fraction of sp³-hybridized carbons (Fsp3) is 0.571. The molecule has 0 radical (unpaired) electrons. The first-order chi connectivity index (χ1) is 9.22. The Labute approximate surface area is 125 Å². The molecule has 0 aliphatic carbocycles. The molecule has 1 aliphatic rings. The molecule has 1 fully saturated rings. The van der Waals surface area contributed by atoms with E-state index < -0.39 is 10.8 Å². The first-order valence-corrected chi connectivity index (χ1v) is 8.77. The van der Waals surface area contributed by atoms with Crippen molar-refractivity contribution in [2.75, 3.05) is 25.5 Å². The standard InChI is InChI=1S/C14H20BrNO2S/c1-2-16-13(11-7-8-18-9-11)10-19(17)14-6-4-3-5-12(14)15/h3-6,11,13,16H,2,7-10H2,1H3. The molecule has 5 heteroatoms. The van der Waals surface area contributed by atoms with Gasteiger partial charge in [-0.3, -0.25) is 4.21 Å². The maximum absolute atomic E-state index is 12.5. The minimum Gasteiger partial charge on any atom is -0.381 e. The Morgan fingerprint density at radius 1 is 1.53 bits per heavy atom. The van der Waals surface area contributed by atoms with Crippen molar-refractivity contribution in [1.29, 1.82) is 0 Å². The topological polar surface area (TPSA) is 38.3 Å². The van der Waals surface area contributed by atoms with E-state index >= 15 is 0 Å². The van der Waals surface area contributed by atoms with Crippen molar-refractivity contribution >= 4 is 26.7 Å². The lowest BCUT2D eigenvalue weighted by molar-refractivity contribution is 0.179. The summed E-state index contributed by atoms with van der Waals surface area (Å²) in [7, 11) is -0.987. The van der Waals surface area contributed by atoms with Gasteiger partial charge >= 0.3 is 0 Å². The van der Waals surface area contributed by atoms with Gasteiger partial charge in [-0.25, -0.2) is 0 Å². The molecule has 3 atom stereocenters. The first-order valence-electron chi connectivity index (χ1n) is 6.66. The molecule has 0 bridgehead atoms. The molecule has 1 saturated heterocycles. The molecule has 0 spiro atoms. The minimum absolute atomic E-state index is 0.264. The van der Waals surface area contributed by atoms with Crippen LogP contribution < -0.4 is 5.32 Å². The Balaban J connectivity index is 2.04. The van der Waals surface area contributed by atoms with Gasteiger partial charge in [0.15, 0.2) is 0 Å². The van der Waals surface area contributed by atoms with Crippen molar-refractivity contribution in [2.45, 2.75) is 24.3 Å². The molecule has 0 aromatic heterocycles. The van der Waals surface area contributed by atoms with Crippen LogP contribution in [-0.4, -0.2) is 35.8 Å². The average molecular weight is 346 g/mol. The molecule has 1 aliphatic heterocycles. The molecule has 2 rings (SSSR count). The van der Waals surface area contributed by atoms with E-state index in [0.29, 0.717) is 11.7 Å². The number of ether oxygens (including phenoxy) is 1. The van der Waals surface area contributed by atoms with Crippen molar-refractivity contribution in [3.63, 3.8) is 0 Å². The summed E-state index contributed by atoms with van der Waals surface area (Å²) < 4.78 is 18.9. The van der Waals surface area contributed by atoms with Crippen LogP contribution in [0.5, 0.6) is 0 Å². The Bertz CT molecular complexity index is 435. The van der Waals surface area contributed by atoms with E-state index in [-0.39, 0.29) is 6.04 Å². The lowest BCUT2D eigenvalue weighted by atomic mass is 10.0. The van der Waals surface area contributed by atoms with Gasteiger partial charge in [-0.15, -0.1) is 0 Å². The summed E-state index contributed by atoms with van der Waals surface area (Å²) in [5.74, 6) is 1.12. The van der Waals surface area contributed by atoms with Crippen LogP contribution in [0.15, 0.2) is 33.6 Å². The highest BCUT2D eigenvalue weighted by Gasteiger charge is 2.27. The Hall–Kier alpha value is -0.230. The second kappa shape index (κ2) is 7.53. The zero-order chi connectivity index (χ0) is 13.7. The zero-order valence-electron chi connectivity index (χ0n) is 11.1. The van der Waals surface area contributed by atoms with Gasteiger partial charge in [0.1, 0.15) is 0 Å². The largest absolute Gasteiger partial charge is 0.381 e. The molecule has 106 valence electrons. The van der Waals surface area contributed by atoms with Crippen LogP contribution in [0.25, 0.3) is 0 Å². The van der Waals surface area contributed by atoms with Crippen molar-refractivity contribution < 1.29 is 8.95 Å². The van der Waals surface area contributed by atoms with E-state index in [0.717, 1.165) is 35.5 Å². The van der Waals surface area contributed by atoms with Crippen molar-refractivity contribution in [2.24, 2.45) is 5.92 Å². The summed E-state index contributed by atoms with van der Waals surface area (Å²) in [6.45, 7) is 4.59. The lowest BCUT2D eigenvalue weighted by Crippen LogP contribution is -2.40. The molecule has 3 nitrogen and oxygen atoms in total. The SMILES string of the molecule is CCNC(CS(=O)c1ccccc1Br)C1CCOC1. The van der Waals surface area contributed by atoms with Crippen LogP contribution in [0.1, 0.15) is 13.3 Å². The van der Waals surface area contributed by atoms with E-state index in [1.54, 1.807) is 0 Å². The molecule has 1 N–H and O–H groups in total. The third kappa shape index (κ3) is 4.12. The van der Waals surface area contributed by atoms with Crippen LogP contribution in [0.4, 0.5) is 0 Å². The maximum atomic E-state index is 12.5. The van der Waals surface area contributed by atoms with Gasteiger partial charge in [0.05, 0.1) is 22.3 Å². The fourth-order valence-corrected chi connectivity index (χ4v) is 4.61. The van der Waals surface area contributed by atoms with Crippen LogP contribution in [0, 0.1) is 5.92 Å². The highest BCUT2D eigenvalue weighted by Crippen LogP contribution is 2.23. The molecule has 3 unspecified atom stereocenters. The minimum atomic E-state index is -0.987.